The lowest BCUT2D eigenvalue weighted by molar-refractivity contribution is -0.120. The van der Waals surface area contributed by atoms with Crippen LogP contribution in [0.4, 0.5) is 10.5 Å². The largest absolute Gasteiger partial charge is 0.465 e. The van der Waals surface area contributed by atoms with Gasteiger partial charge in [0.25, 0.3) is 0 Å². The van der Waals surface area contributed by atoms with Crippen molar-refractivity contribution < 1.29 is 28.6 Å². The number of esters is 1. The minimum Gasteiger partial charge on any atom is -0.465 e. The number of nitrogens with zero attached hydrogens (tertiary/aromatic N) is 1. The highest BCUT2D eigenvalue weighted by Crippen LogP contribution is 2.40. The fourth-order valence-corrected chi connectivity index (χ4v) is 3.82. The van der Waals surface area contributed by atoms with Crippen molar-refractivity contribution in [2.75, 3.05) is 26.1 Å². The molecule has 2 heterocycles. The predicted molar refractivity (Wildman–Crippen MR) is 101 cm³/mol. The summed E-state index contributed by atoms with van der Waals surface area (Å²) in [5.74, 6) is -1.18. The maximum Gasteiger partial charge on any atom is 0.410 e. The molecule has 1 aliphatic heterocycles. The molecule has 1 unspecified atom stereocenters. The van der Waals surface area contributed by atoms with Crippen LogP contribution in [0, 0.1) is 5.92 Å². The number of amides is 2. The Kier molecular flexibility index (Phi) is 6.48. The molecule has 0 bridgehead atoms. The highest BCUT2D eigenvalue weighted by atomic mass is 32.1. The molecule has 9 heteroatoms. The van der Waals surface area contributed by atoms with Gasteiger partial charge in [-0.3, -0.25) is 9.69 Å². The summed E-state index contributed by atoms with van der Waals surface area (Å²) in [6, 6.07) is 0. The fourth-order valence-electron chi connectivity index (χ4n) is 2.62. The van der Waals surface area contributed by atoms with E-state index in [0.29, 0.717) is 17.1 Å². The second-order valence-electron chi connectivity index (χ2n) is 7.38. The Morgan fingerprint density at radius 1 is 1.22 bits per heavy atom. The zero-order valence-electron chi connectivity index (χ0n) is 16.5. The minimum atomic E-state index is -0.600. The molecule has 0 saturated carbocycles. The van der Waals surface area contributed by atoms with Crippen molar-refractivity contribution >= 4 is 35.0 Å². The summed E-state index contributed by atoms with van der Waals surface area (Å²) in [7, 11) is 2.81. The Labute approximate surface area is 162 Å². The summed E-state index contributed by atoms with van der Waals surface area (Å²) in [4.78, 5) is 39.6. The van der Waals surface area contributed by atoms with Crippen molar-refractivity contribution in [3.05, 3.63) is 15.3 Å². The van der Waals surface area contributed by atoms with Gasteiger partial charge in [-0.15, -0.1) is 11.3 Å². The van der Waals surface area contributed by atoms with Crippen molar-refractivity contribution in [1.29, 1.82) is 0 Å². The predicted octanol–water partition coefficient (Wildman–Crippen LogP) is 3.01. The first-order valence-corrected chi connectivity index (χ1v) is 9.39. The zero-order chi connectivity index (χ0) is 20.4. The number of carbonyl (C=O) groups excluding carboxylic acids is 3. The molecule has 0 fully saturated rings. The second kappa shape index (κ2) is 8.26. The van der Waals surface area contributed by atoms with Crippen LogP contribution in [0.25, 0.3) is 0 Å². The van der Waals surface area contributed by atoms with E-state index in [1.807, 2.05) is 0 Å². The van der Waals surface area contributed by atoms with Gasteiger partial charge in [-0.2, -0.15) is 0 Å². The van der Waals surface area contributed by atoms with Gasteiger partial charge in [0.1, 0.15) is 10.5 Å². The maximum absolute atomic E-state index is 12.4. The number of nitrogens with one attached hydrogen (secondary N) is 1. The molecule has 1 atom stereocenters. The number of hydrogen-bond donors (Lipinski definition) is 1. The summed E-state index contributed by atoms with van der Waals surface area (Å²) < 4.78 is 15.3. The van der Waals surface area contributed by atoms with Crippen LogP contribution in [-0.4, -0.2) is 49.3 Å². The van der Waals surface area contributed by atoms with E-state index in [-0.39, 0.29) is 25.0 Å². The van der Waals surface area contributed by atoms with Crippen LogP contribution in [0.15, 0.2) is 0 Å². The Hall–Kier alpha value is -2.13. The molecule has 27 heavy (non-hydrogen) atoms. The smallest absolute Gasteiger partial charge is 0.410 e. The van der Waals surface area contributed by atoms with Gasteiger partial charge in [0.2, 0.25) is 5.91 Å². The van der Waals surface area contributed by atoms with Crippen LogP contribution in [0.3, 0.4) is 0 Å². The third-order valence-electron chi connectivity index (χ3n) is 3.91. The van der Waals surface area contributed by atoms with Crippen molar-refractivity contribution in [3.8, 4) is 0 Å². The quantitative estimate of drug-likeness (QED) is 0.766. The zero-order valence-corrected chi connectivity index (χ0v) is 17.3. The maximum atomic E-state index is 12.4. The Morgan fingerprint density at radius 2 is 1.89 bits per heavy atom. The van der Waals surface area contributed by atoms with Gasteiger partial charge in [0.05, 0.1) is 38.4 Å². The monoisotopic (exact) mass is 398 g/mol. The molecular formula is C18H26N2O6S. The van der Waals surface area contributed by atoms with Gasteiger partial charge >= 0.3 is 12.1 Å². The van der Waals surface area contributed by atoms with E-state index < -0.39 is 17.7 Å². The SMILES string of the molecule is COCC(C)C(=O)Nc1c(C(=O)OC)sc2c1CN(C(=O)OC(C)(C)C)C2. The van der Waals surface area contributed by atoms with Gasteiger partial charge in [0.15, 0.2) is 0 Å². The molecule has 150 valence electrons. The number of rotatable bonds is 5. The van der Waals surface area contributed by atoms with Crippen molar-refractivity contribution in [2.45, 2.75) is 46.4 Å². The van der Waals surface area contributed by atoms with Crippen LogP contribution in [-0.2, 0) is 32.1 Å². The first-order chi connectivity index (χ1) is 12.6. The van der Waals surface area contributed by atoms with Gasteiger partial charge in [-0.1, -0.05) is 6.92 Å². The number of carbonyl (C=O) groups is 3. The molecule has 2 amide bonds. The van der Waals surface area contributed by atoms with Gasteiger partial charge < -0.3 is 19.5 Å². The topological polar surface area (TPSA) is 94.2 Å². The van der Waals surface area contributed by atoms with E-state index in [0.717, 1.165) is 10.4 Å². The highest BCUT2D eigenvalue weighted by molar-refractivity contribution is 7.14. The van der Waals surface area contributed by atoms with Crippen LogP contribution in [0.2, 0.25) is 0 Å². The standard InChI is InChI=1S/C18H26N2O6S/c1-10(9-24-5)15(21)19-13-11-7-20(17(23)26-18(2,3)4)8-12(11)27-14(13)16(22)25-6/h10H,7-9H2,1-6H3,(H,19,21). The lowest BCUT2D eigenvalue weighted by Crippen LogP contribution is -2.33. The summed E-state index contributed by atoms with van der Waals surface area (Å²) >= 11 is 1.22. The molecule has 1 aromatic rings. The average Bonchev–Trinajstić information content (AvgIpc) is 3.12. The summed E-state index contributed by atoms with van der Waals surface area (Å²) in [6.45, 7) is 7.97. The van der Waals surface area contributed by atoms with Crippen molar-refractivity contribution in [2.24, 2.45) is 5.92 Å². The van der Waals surface area contributed by atoms with Gasteiger partial charge in [-0.05, 0) is 20.8 Å². The van der Waals surface area contributed by atoms with Crippen LogP contribution >= 0.6 is 11.3 Å². The molecular weight excluding hydrogens is 372 g/mol. The molecule has 0 aromatic carbocycles. The number of anilines is 1. The van der Waals surface area contributed by atoms with E-state index in [9.17, 15) is 14.4 Å². The third kappa shape index (κ3) is 4.98. The molecule has 8 nitrogen and oxygen atoms in total. The normalized spacial score (nSPS) is 14.5. The van der Waals surface area contributed by atoms with Crippen LogP contribution in [0.5, 0.6) is 0 Å². The Bertz CT molecular complexity index is 737. The number of hydrogen-bond acceptors (Lipinski definition) is 7. The molecule has 0 saturated heterocycles. The molecule has 0 spiro atoms. The van der Waals surface area contributed by atoms with Crippen LogP contribution < -0.4 is 5.32 Å². The van der Waals surface area contributed by atoms with E-state index in [2.05, 4.69) is 5.32 Å². The van der Waals surface area contributed by atoms with Crippen LogP contribution in [0.1, 0.15) is 47.8 Å². The highest BCUT2D eigenvalue weighted by Gasteiger charge is 2.35. The Balaban J connectivity index is 2.26. The minimum absolute atomic E-state index is 0.256. The summed E-state index contributed by atoms with van der Waals surface area (Å²) in [5, 5.41) is 2.81. The molecule has 0 aliphatic carbocycles. The van der Waals surface area contributed by atoms with E-state index in [1.54, 1.807) is 32.6 Å². The number of fused-ring (bicyclic) bond motifs is 1. The molecule has 1 N–H and O–H groups in total. The van der Waals surface area contributed by atoms with Gasteiger partial charge in [0, 0.05) is 17.6 Å². The molecule has 1 aromatic heterocycles. The number of ether oxygens (including phenoxy) is 3. The third-order valence-corrected chi connectivity index (χ3v) is 5.11. The van der Waals surface area contributed by atoms with Crippen molar-refractivity contribution in [3.63, 3.8) is 0 Å². The van der Waals surface area contributed by atoms with E-state index in [4.69, 9.17) is 14.2 Å². The first kappa shape index (κ1) is 21.2. The van der Waals surface area contributed by atoms with Crippen molar-refractivity contribution in [1.82, 2.24) is 4.90 Å². The lowest BCUT2D eigenvalue weighted by atomic mass is 10.1. The fraction of sp³-hybridized carbons (Fsp3) is 0.611. The molecule has 1 aliphatic rings. The lowest BCUT2D eigenvalue weighted by Gasteiger charge is -2.24. The Morgan fingerprint density at radius 3 is 2.44 bits per heavy atom. The average molecular weight is 398 g/mol. The first-order valence-electron chi connectivity index (χ1n) is 8.58. The number of methoxy groups -OCH3 is 2. The summed E-state index contributed by atoms with van der Waals surface area (Å²) in [5.41, 5.74) is 0.543. The van der Waals surface area contributed by atoms with E-state index in [1.165, 1.54) is 25.6 Å². The van der Waals surface area contributed by atoms with Gasteiger partial charge in [-0.25, -0.2) is 9.59 Å². The molecule has 2 rings (SSSR count). The second-order valence-corrected chi connectivity index (χ2v) is 8.49. The molecule has 0 radical (unpaired) electrons. The summed E-state index contributed by atoms with van der Waals surface area (Å²) in [6.07, 6.45) is -0.435. The number of thiophene rings is 1. The van der Waals surface area contributed by atoms with E-state index >= 15 is 0 Å².